The normalized spacial score (nSPS) is 15.6. The van der Waals surface area contributed by atoms with Crippen molar-refractivity contribution in [1.29, 1.82) is 5.26 Å². The van der Waals surface area contributed by atoms with Gasteiger partial charge in [0.1, 0.15) is 5.60 Å². The summed E-state index contributed by atoms with van der Waals surface area (Å²) in [5, 5.41) is 12.6. The average Bonchev–Trinajstić information content (AvgIpc) is 3.23. The number of nitriles is 1. The third-order valence-corrected chi connectivity index (χ3v) is 6.35. The van der Waals surface area contributed by atoms with Gasteiger partial charge >= 0.3 is 11.8 Å². The Labute approximate surface area is 220 Å². The third kappa shape index (κ3) is 5.28. The van der Waals surface area contributed by atoms with E-state index in [0.717, 1.165) is 17.4 Å². The monoisotopic (exact) mass is 517 g/mol. The van der Waals surface area contributed by atoms with Crippen molar-refractivity contribution in [2.45, 2.75) is 58.3 Å². The van der Waals surface area contributed by atoms with Crippen molar-refractivity contribution in [1.82, 2.24) is 24.0 Å². The highest BCUT2D eigenvalue weighted by Crippen LogP contribution is 2.25. The molecular formula is C27H31N7O4. The summed E-state index contributed by atoms with van der Waals surface area (Å²) < 4.78 is 9.47. The predicted octanol–water partition coefficient (Wildman–Crippen LogP) is 1.94. The van der Waals surface area contributed by atoms with Crippen LogP contribution >= 0.6 is 0 Å². The number of fused-ring (bicyclic) bond motifs is 1. The van der Waals surface area contributed by atoms with E-state index in [0.29, 0.717) is 30.2 Å². The maximum atomic E-state index is 13.4. The van der Waals surface area contributed by atoms with Gasteiger partial charge < -0.3 is 15.0 Å². The molecule has 3 aromatic rings. The van der Waals surface area contributed by atoms with Crippen LogP contribution in [-0.2, 0) is 24.9 Å². The van der Waals surface area contributed by atoms with Gasteiger partial charge in [0.05, 0.1) is 24.7 Å². The Morgan fingerprint density at radius 3 is 2.68 bits per heavy atom. The molecule has 0 saturated carbocycles. The number of rotatable bonds is 5. The van der Waals surface area contributed by atoms with Crippen LogP contribution in [0, 0.1) is 23.7 Å². The summed E-state index contributed by atoms with van der Waals surface area (Å²) in [5.41, 5.74) is -0.120. The van der Waals surface area contributed by atoms with Crippen molar-refractivity contribution in [3.05, 3.63) is 56.2 Å². The lowest BCUT2D eigenvalue weighted by molar-refractivity contribution is 0.0499. The van der Waals surface area contributed by atoms with E-state index in [-0.39, 0.29) is 30.3 Å². The van der Waals surface area contributed by atoms with Crippen molar-refractivity contribution in [3.8, 4) is 18.4 Å². The van der Waals surface area contributed by atoms with Crippen LogP contribution in [0.3, 0.4) is 0 Å². The zero-order valence-corrected chi connectivity index (χ0v) is 22.0. The highest BCUT2D eigenvalue weighted by atomic mass is 16.6. The molecule has 0 aliphatic carbocycles. The minimum atomic E-state index is -0.624. The molecule has 0 bridgehead atoms. The molecule has 1 N–H and O–H groups in total. The van der Waals surface area contributed by atoms with Gasteiger partial charge in [-0.05, 0) is 45.2 Å². The van der Waals surface area contributed by atoms with Crippen molar-refractivity contribution < 1.29 is 9.53 Å². The van der Waals surface area contributed by atoms with Gasteiger partial charge in [-0.15, -0.1) is 6.42 Å². The number of hydrogen-bond acceptors (Lipinski definition) is 7. The summed E-state index contributed by atoms with van der Waals surface area (Å²) in [7, 11) is 1.40. The van der Waals surface area contributed by atoms with Crippen molar-refractivity contribution in [3.63, 3.8) is 0 Å². The largest absolute Gasteiger partial charge is 0.444 e. The van der Waals surface area contributed by atoms with Crippen LogP contribution in [0.2, 0.25) is 0 Å². The first-order valence-electron chi connectivity index (χ1n) is 12.4. The first-order valence-corrected chi connectivity index (χ1v) is 12.4. The number of piperidine rings is 1. The van der Waals surface area contributed by atoms with Crippen LogP contribution < -0.4 is 21.5 Å². The fourth-order valence-electron chi connectivity index (χ4n) is 4.66. The molecule has 1 amide bonds. The Kier molecular flexibility index (Phi) is 7.31. The van der Waals surface area contributed by atoms with Gasteiger partial charge in [-0.25, -0.2) is 9.59 Å². The number of alkyl carbamates (subject to hydrolysis) is 1. The number of hydrogen-bond donors (Lipinski definition) is 1. The minimum absolute atomic E-state index is 0.0580. The second-order valence-corrected chi connectivity index (χ2v) is 10.3. The van der Waals surface area contributed by atoms with Crippen LogP contribution in [-0.4, -0.2) is 49.5 Å². The van der Waals surface area contributed by atoms with Crippen LogP contribution in [0.15, 0.2) is 33.9 Å². The second-order valence-electron chi connectivity index (χ2n) is 10.3. The lowest BCUT2D eigenvalue weighted by Gasteiger charge is -2.34. The number of anilines is 1. The highest BCUT2D eigenvalue weighted by Gasteiger charge is 2.29. The number of imidazole rings is 1. The number of nitrogens with zero attached hydrogens (tertiary/aromatic N) is 6. The summed E-state index contributed by atoms with van der Waals surface area (Å²) in [4.78, 5) is 45.4. The zero-order chi connectivity index (χ0) is 27.6. The van der Waals surface area contributed by atoms with Gasteiger partial charge in [-0.1, -0.05) is 24.1 Å². The lowest BCUT2D eigenvalue weighted by atomic mass is 10.1. The smallest absolute Gasteiger partial charge is 0.407 e. The third-order valence-electron chi connectivity index (χ3n) is 6.35. The maximum absolute atomic E-state index is 13.4. The summed E-state index contributed by atoms with van der Waals surface area (Å²) in [6.07, 6.45) is 6.54. The first kappa shape index (κ1) is 26.6. The summed E-state index contributed by atoms with van der Waals surface area (Å²) in [6.45, 7) is 6.57. The lowest BCUT2D eigenvalue weighted by Crippen LogP contribution is -2.49. The molecule has 1 atom stereocenters. The zero-order valence-electron chi connectivity index (χ0n) is 22.0. The van der Waals surface area contributed by atoms with E-state index in [9.17, 15) is 19.6 Å². The number of terminal acetylenes is 1. The van der Waals surface area contributed by atoms with E-state index in [1.807, 2.05) is 17.0 Å². The number of aromatic nitrogens is 4. The summed E-state index contributed by atoms with van der Waals surface area (Å²) in [5.74, 6) is 2.92. The van der Waals surface area contributed by atoms with Gasteiger partial charge in [-0.3, -0.25) is 18.5 Å². The van der Waals surface area contributed by atoms with Crippen LogP contribution in [0.4, 0.5) is 10.7 Å². The number of carbonyl (C=O) groups is 1. The first-order chi connectivity index (χ1) is 18.0. The fourth-order valence-corrected chi connectivity index (χ4v) is 4.66. The second kappa shape index (κ2) is 10.5. The number of nitrogens with one attached hydrogen (secondary N) is 1. The van der Waals surface area contributed by atoms with Crippen LogP contribution in [0.1, 0.15) is 44.7 Å². The Balaban J connectivity index is 1.83. The van der Waals surface area contributed by atoms with E-state index in [1.54, 1.807) is 37.5 Å². The van der Waals surface area contributed by atoms with Gasteiger partial charge in [0.15, 0.2) is 11.2 Å². The average molecular weight is 518 g/mol. The van der Waals surface area contributed by atoms with Crippen LogP contribution in [0.25, 0.3) is 11.2 Å². The van der Waals surface area contributed by atoms with E-state index < -0.39 is 22.9 Å². The molecule has 1 unspecified atom stereocenters. The van der Waals surface area contributed by atoms with E-state index in [4.69, 9.17) is 16.1 Å². The molecule has 1 fully saturated rings. The van der Waals surface area contributed by atoms with E-state index in [2.05, 4.69) is 17.3 Å². The SMILES string of the molecule is C#CCn1c(=O)n(C)c(=O)c2c1nc(N1CCCC(NC(=O)OC(C)(C)C)C1)n2Cc1ccccc1C#N. The molecule has 3 heterocycles. The molecule has 1 aliphatic heterocycles. The minimum Gasteiger partial charge on any atom is -0.444 e. The quantitative estimate of drug-likeness (QED) is 0.513. The summed E-state index contributed by atoms with van der Waals surface area (Å²) >= 11 is 0. The van der Waals surface area contributed by atoms with Gasteiger partial charge in [0.2, 0.25) is 5.95 Å². The molecule has 0 spiro atoms. The molecule has 1 aliphatic rings. The number of benzene rings is 1. The van der Waals surface area contributed by atoms with E-state index >= 15 is 0 Å². The molecule has 1 saturated heterocycles. The molecule has 11 heteroatoms. The topological polar surface area (TPSA) is 127 Å². The predicted molar refractivity (Wildman–Crippen MR) is 143 cm³/mol. The van der Waals surface area contributed by atoms with E-state index in [1.165, 1.54) is 11.6 Å². The number of ether oxygens (including phenoxy) is 1. The number of carbonyl (C=O) groups excluding carboxylic acids is 1. The highest BCUT2D eigenvalue weighted by molar-refractivity contribution is 5.75. The Hall–Kier alpha value is -4.51. The maximum Gasteiger partial charge on any atom is 0.407 e. The summed E-state index contributed by atoms with van der Waals surface area (Å²) in [6, 6.07) is 9.11. The Morgan fingerprint density at radius 2 is 2.00 bits per heavy atom. The molecule has 1 aromatic carbocycles. The number of amides is 1. The molecule has 38 heavy (non-hydrogen) atoms. The van der Waals surface area contributed by atoms with Gasteiger partial charge in [-0.2, -0.15) is 10.2 Å². The Morgan fingerprint density at radius 1 is 1.26 bits per heavy atom. The van der Waals surface area contributed by atoms with Crippen molar-refractivity contribution in [2.24, 2.45) is 7.05 Å². The molecule has 0 radical (unpaired) electrons. The fraction of sp³-hybridized carbons (Fsp3) is 0.444. The molecular weight excluding hydrogens is 486 g/mol. The molecule has 4 rings (SSSR count). The van der Waals surface area contributed by atoms with Crippen molar-refractivity contribution >= 4 is 23.2 Å². The van der Waals surface area contributed by atoms with Gasteiger partial charge in [0.25, 0.3) is 5.56 Å². The molecule has 198 valence electrons. The van der Waals surface area contributed by atoms with Crippen molar-refractivity contribution in [2.75, 3.05) is 18.0 Å². The van der Waals surface area contributed by atoms with Gasteiger partial charge in [0, 0.05) is 26.2 Å². The standard InChI is InChI=1S/C27H31N7O4/c1-6-13-33-22-21(23(35)31(5)26(33)37)34(16-19-11-8-7-10-18(19)15-28)24(30-22)32-14-9-12-20(17-32)29-25(36)38-27(2,3)4/h1,7-8,10-11,20H,9,12-14,16-17H2,2-5H3,(H,29,36). The molecule has 11 nitrogen and oxygen atoms in total. The molecule has 2 aromatic heterocycles. The van der Waals surface area contributed by atoms with Crippen LogP contribution in [0.5, 0.6) is 0 Å². The Bertz CT molecular complexity index is 1580.